The molecule has 0 aliphatic carbocycles. The third-order valence-electron chi connectivity index (χ3n) is 4.89. The van der Waals surface area contributed by atoms with Crippen LogP contribution in [0.3, 0.4) is 0 Å². The Bertz CT molecular complexity index is 1010. The van der Waals surface area contributed by atoms with Gasteiger partial charge in [0.15, 0.2) is 5.75 Å². The Balaban J connectivity index is 1.47. The molecule has 0 unspecified atom stereocenters. The SMILES string of the molecule is O=c1cc(CN2CCC(n3c(=O)[nH]c4ccccc43)CC2)[nH]cc1O. The van der Waals surface area contributed by atoms with E-state index in [2.05, 4.69) is 14.9 Å². The third-order valence-corrected chi connectivity index (χ3v) is 4.89. The van der Waals surface area contributed by atoms with Crippen molar-refractivity contribution in [3.8, 4) is 5.75 Å². The minimum atomic E-state index is -0.367. The van der Waals surface area contributed by atoms with E-state index in [1.54, 1.807) is 0 Å². The van der Waals surface area contributed by atoms with Crippen LogP contribution in [0.25, 0.3) is 11.0 Å². The number of piperidine rings is 1. The number of pyridine rings is 1. The number of aromatic amines is 2. The molecule has 1 aliphatic rings. The maximum Gasteiger partial charge on any atom is 0.326 e. The van der Waals surface area contributed by atoms with E-state index in [9.17, 15) is 14.7 Å². The predicted molar refractivity (Wildman–Crippen MR) is 94.8 cm³/mol. The van der Waals surface area contributed by atoms with Gasteiger partial charge in [0.05, 0.1) is 11.0 Å². The van der Waals surface area contributed by atoms with E-state index in [4.69, 9.17) is 0 Å². The van der Waals surface area contributed by atoms with Gasteiger partial charge in [-0.25, -0.2) is 4.79 Å². The number of H-pyrrole nitrogens is 2. The van der Waals surface area contributed by atoms with Crippen LogP contribution in [0.15, 0.2) is 46.1 Å². The summed E-state index contributed by atoms with van der Waals surface area (Å²) >= 11 is 0. The molecule has 2 aromatic heterocycles. The van der Waals surface area contributed by atoms with E-state index in [1.807, 2.05) is 28.8 Å². The lowest BCUT2D eigenvalue weighted by molar-refractivity contribution is 0.178. The van der Waals surface area contributed by atoms with Crippen LogP contribution in [-0.2, 0) is 6.54 Å². The molecular weight excluding hydrogens is 320 g/mol. The van der Waals surface area contributed by atoms with Crippen molar-refractivity contribution in [2.75, 3.05) is 13.1 Å². The highest BCUT2D eigenvalue weighted by Gasteiger charge is 2.23. The van der Waals surface area contributed by atoms with Gasteiger partial charge in [-0.2, -0.15) is 0 Å². The molecule has 0 bridgehead atoms. The summed E-state index contributed by atoms with van der Waals surface area (Å²) in [5.74, 6) is -0.263. The second-order valence-electron chi connectivity index (χ2n) is 6.53. The summed E-state index contributed by atoms with van der Waals surface area (Å²) in [4.78, 5) is 31.9. The van der Waals surface area contributed by atoms with Crippen LogP contribution < -0.4 is 11.1 Å². The summed E-state index contributed by atoms with van der Waals surface area (Å²) in [6.07, 6.45) is 3.09. The van der Waals surface area contributed by atoms with Crippen molar-refractivity contribution >= 4 is 11.0 Å². The first kappa shape index (κ1) is 15.7. The number of nitrogens with zero attached hydrogens (tertiary/aromatic N) is 2. The van der Waals surface area contributed by atoms with Crippen LogP contribution in [0.1, 0.15) is 24.6 Å². The van der Waals surface area contributed by atoms with Crippen molar-refractivity contribution in [2.24, 2.45) is 0 Å². The highest BCUT2D eigenvalue weighted by molar-refractivity contribution is 5.75. The molecule has 0 saturated carbocycles. The standard InChI is InChI=1S/C18H20N4O3/c23-16-9-12(19-10-17(16)24)11-21-7-5-13(6-8-21)22-15-4-2-1-3-14(15)20-18(22)25/h1-4,9-10,13,24H,5-8,11H2,(H,19,23)(H,20,25). The normalized spacial score (nSPS) is 16.5. The van der Waals surface area contributed by atoms with Gasteiger partial charge in [0.2, 0.25) is 5.43 Å². The fraction of sp³-hybridized carbons (Fsp3) is 0.333. The second-order valence-corrected chi connectivity index (χ2v) is 6.53. The fourth-order valence-electron chi connectivity index (χ4n) is 3.61. The van der Waals surface area contributed by atoms with Crippen LogP contribution in [0.5, 0.6) is 5.75 Å². The highest BCUT2D eigenvalue weighted by Crippen LogP contribution is 2.25. The maximum atomic E-state index is 12.3. The van der Waals surface area contributed by atoms with Crippen LogP contribution in [-0.4, -0.2) is 37.6 Å². The Kier molecular flexibility index (Phi) is 3.93. The zero-order chi connectivity index (χ0) is 17.4. The fourth-order valence-corrected chi connectivity index (χ4v) is 3.61. The summed E-state index contributed by atoms with van der Waals surface area (Å²) in [5, 5.41) is 9.31. The van der Waals surface area contributed by atoms with E-state index >= 15 is 0 Å². The quantitative estimate of drug-likeness (QED) is 0.674. The Morgan fingerprint density at radius 3 is 2.68 bits per heavy atom. The summed E-state index contributed by atoms with van der Waals surface area (Å²) in [5.41, 5.74) is 2.19. The van der Waals surface area contributed by atoms with E-state index < -0.39 is 0 Å². The summed E-state index contributed by atoms with van der Waals surface area (Å²) < 4.78 is 1.87. The molecule has 7 nitrogen and oxygen atoms in total. The average Bonchev–Trinajstić information content (AvgIpc) is 2.95. The van der Waals surface area contributed by atoms with Gasteiger partial charge in [0.1, 0.15) is 0 Å². The van der Waals surface area contributed by atoms with Gasteiger partial charge in [-0.3, -0.25) is 14.3 Å². The van der Waals surface area contributed by atoms with Gasteiger partial charge in [0, 0.05) is 43.6 Å². The molecule has 3 aromatic rings. The topological polar surface area (TPSA) is 94.1 Å². The number of benzene rings is 1. The zero-order valence-corrected chi connectivity index (χ0v) is 13.7. The minimum Gasteiger partial charge on any atom is -0.503 e. The van der Waals surface area contributed by atoms with Crippen LogP contribution in [0.4, 0.5) is 0 Å². The lowest BCUT2D eigenvalue weighted by Crippen LogP contribution is -2.36. The molecule has 0 atom stereocenters. The van der Waals surface area contributed by atoms with Gasteiger partial charge in [-0.15, -0.1) is 0 Å². The molecule has 7 heteroatoms. The zero-order valence-electron chi connectivity index (χ0n) is 13.7. The molecule has 1 aromatic carbocycles. The Morgan fingerprint density at radius 2 is 1.92 bits per heavy atom. The monoisotopic (exact) mass is 340 g/mol. The van der Waals surface area contributed by atoms with Gasteiger partial charge < -0.3 is 15.1 Å². The van der Waals surface area contributed by atoms with Crippen molar-refractivity contribution in [2.45, 2.75) is 25.4 Å². The lowest BCUT2D eigenvalue weighted by atomic mass is 10.0. The number of hydrogen-bond donors (Lipinski definition) is 3. The number of likely N-dealkylation sites (tertiary alicyclic amines) is 1. The molecule has 1 saturated heterocycles. The van der Waals surface area contributed by atoms with Crippen molar-refractivity contribution in [3.63, 3.8) is 0 Å². The highest BCUT2D eigenvalue weighted by atomic mass is 16.3. The number of aromatic hydroxyl groups is 1. The summed E-state index contributed by atoms with van der Waals surface area (Å²) in [7, 11) is 0. The first-order chi connectivity index (χ1) is 12.1. The van der Waals surface area contributed by atoms with Crippen molar-refractivity contribution < 1.29 is 5.11 Å². The summed E-state index contributed by atoms with van der Waals surface area (Å²) in [6.45, 7) is 2.32. The van der Waals surface area contributed by atoms with Gasteiger partial charge in [-0.1, -0.05) is 12.1 Å². The largest absolute Gasteiger partial charge is 0.503 e. The molecule has 0 spiro atoms. The van der Waals surface area contributed by atoms with Crippen LogP contribution >= 0.6 is 0 Å². The molecule has 1 fully saturated rings. The number of para-hydroxylation sites is 2. The number of rotatable bonds is 3. The Labute approximate surface area is 143 Å². The molecule has 1 aliphatic heterocycles. The Morgan fingerprint density at radius 1 is 1.16 bits per heavy atom. The molecule has 3 N–H and O–H groups in total. The number of aromatic nitrogens is 3. The number of fused-ring (bicyclic) bond motifs is 1. The molecule has 3 heterocycles. The van der Waals surface area contributed by atoms with Gasteiger partial charge in [0.25, 0.3) is 0 Å². The summed E-state index contributed by atoms with van der Waals surface area (Å²) in [6, 6.07) is 9.38. The molecule has 0 radical (unpaired) electrons. The minimum absolute atomic E-state index is 0.0532. The van der Waals surface area contributed by atoms with E-state index in [0.29, 0.717) is 6.54 Å². The van der Waals surface area contributed by atoms with Crippen molar-refractivity contribution in [1.29, 1.82) is 0 Å². The molecular formula is C18H20N4O3. The molecule has 130 valence electrons. The van der Waals surface area contributed by atoms with Crippen molar-refractivity contribution in [3.05, 3.63) is 62.9 Å². The smallest absolute Gasteiger partial charge is 0.326 e. The van der Waals surface area contributed by atoms with E-state index in [1.165, 1.54) is 12.3 Å². The molecule has 25 heavy (non-hydrogen) atoms. The van der Waals surface area contributed by atoms with Crippen LogP contribution in [0, 0.1) is 0 Å². The first-order valence-corrected chi connectivity index (χ1v) is 8.44. The van der Waals surface area contributed by atoms with Gasteiger partial charge >= 0.3 is 5.69 Å². The number of nitrogens with one attached hydrogen (secondary N) is 2. The van der Waals surface area contributed by atoms with Crippen molar-refractivity contribution in [1.82, 2.24) is 19.4 Å². The number of imidazole rings is 1. The maximum absolute atomic E-state index is 12.3. The first-order valence-electron chi connectivity index (χ1n) is 8.44. The lowest BCUT2D eigenvalue weighted by Gasteiger charge is -2.32. The predicted octanol–water partition coefficient (Wildman–Crippen LogP) is 1.56. The second kappa shape index (κ2) is 6.25. The average molecular weight is 340 g/mol. The van der Waals surface area contributed by atoms with E-state index in [-0.39, 0.29) is 22.9 Å². The van der Waals surface area contributed by atoms with Gasteiger partial charge in [-0.05, 0) is 25.0 Å². The van der Waals surface area contributed by atoms with Crippen LogP contribution in [0.2, 0.25) is 0 Å². The van der Waals surface area contributed by atoms with E-state index in [0.717, 1.165) is 42.7 Å². The molecule has 4 rings (SSSR count). The number of hydrogen-bond acceptors (Lipinski definition) is 4. The Hall–Kier alpha value is -2.80. The third kappa shape index (κ3) is 2.98. The molecule has 0 amide bonds.